The van der Waals surface area contributed by atoms with Crippen molar-refractivity contribution < 1.29 is 9.13 Å². The fourth-order valence-electron chi connectivity index (χ4n) is 4.24. The molecule has 0 spiro atoms. The normalized spacial score (nSPS) is 20.2. The molecule has 2 fully saturated rings. The molecule has 170 valence electrons. The molecular formula is C22H37FIN5O. The zero-order valence-corrected chi connectivity index (χ0v) is 20.9. The molecule has 0 aromatic heterocycles. The van der Waals surface area contributed by atoms with Gasteiger partial charge < -0.3 is 19.9 Å². The second-order valence-electron chi connectivity index (χ2n) is 7.67. The molecule has 0 radical (unpaired) electrons. The topological polar surface area (TPSA) is 43.3 Å². The summed E-state index contributed by atoms with van der Waals surface area (Å²) in [5.74, 6) is 0.761. The lowest BCUT2D eigenvalue weighted by Gasteiger charge is -2.32. The summed E-state index contributed by atoms with van der Waals surface area (Å²) in [5.41, 5.74) is 1.57. The van der Waals surface area contributed by atoms with Crippen LogP contribution in [-0.4, -0.2) is 80.8 Å². The number of halogens is 2. The minimum Gasteiger partial charge on any atom is -0.379 e. The van der Waals surface area contributed by atoms with Crippen LogP contribution < -0.4 is 10.2 Å². The van der Waals surface area contributed by atoms with E-state index in [-0.39, 0.29) is 29.8 Å². The molecule has 8 heteroatoms. The van der Waals surface area contributed by atoms with E-state index < -0.39 is 0 Å². The number of nitrogens with one attached hydrogen (secondary N) is 1. The highest BCUT2D eigenvalue weighted by molar-refractivity contribution is 14.0. The predicted molar refractivity (Wildman–Crippen MR) is 133 cm³/mol. The van der Waals surface area contributed by atoms with Crippen LogP contribution >= 0.6 is 24.0 Å². The zero-order valence-electron chi connectivity index (χ0n) is 18.6. The van der Waals surface area contributed by atoms with Crippen molar-refractivity contribution in [2.75, 3.05) is 63.9 Å². The minimum absolute atomic E-state index is 0. The predicted octanol–water partition coefficient (Wildman–Crippen LogP) is 3.16. The molecule has 2 saturated heterocycles. The van der Waals surface area contributed by atoms with Crippen LogP contribution in [-0.2, 0) is 11.3 Å². The Kier molecular flexibility index (Phi) is 10.6. The highest BCUT2D eigenvalue weighted by Crippen LogP contribution is 2.21. The van der Waals surface area contributed by atoms with E-state index in [1.54, 1.807) is 6.07 Å². The maximum atomic E-state index is 14.6. The van der Waals surface area contributed by atoms with Crippen molar-refractivity contribution in [1.29, 1.82) is 0 Å². The lowest BCUT2D eigenvalue weighted by atomic mass is 10.2. The first-order chi connectivity index (χ1) is 14.2. The maximum absolute atomic E-state index is 14.6. The molecule has 6 nitrogen and oxygen atoms in total. The van der Waals surface area contributed by atoms with Gasteiger partial charge in [0.1, 0.15) is 5.82 Å². The number of likely N-dealkylation sites (tertiary alicyclic amines) is 1. The molecule has 30 heavy (non-hydrogen) atoms. The van der Waals surface area contributed by atoms with Crippen LogP contribution in [0.5, 0.6) is 0 Å². The van der Waals surface area contributed by atoms with Crippen molar-refractivity contribution in [1.82, 2.24) is 15.1 Å². The van der Waals surface area contributed by atoms with Crippen molar-refractivity contribution >= 4 is 35.6 Å². The SMILES string of the molecule is CCNC(=NCc1ccc(N(CC)CC)c(F)c1)N1CCC(N2CCOCC2)C1.I. The highest BCUT2D eigenvalue weighted by atomic mass is 127. The summed E-state index contributed by atoms with van der Waals surface area (Å²) in [6.07, 6.45) is 1.15. The number of anilines is 1. The Morgan fingerprint density at radius 2 is 1.93 bits per heavy atom. The second kappa shape index (κ2) is 12.7. The Morgan fingerprint density at radius 3 is 2.57 bits per heavy atom. The molecule has 0 saturated carbocycles. The summed E-state index contributed by atoms with van der Waals surface area (Å²) in [4.78, 5) is 11.7. The molecule has 3 rings (SSSR count). The van der Waals surface area contributed by atoms with Gasteiger partial charge in [0.2, 0.25) is 0 Å². The monoisotopic (exact) mass is 533 g/mol. The molecule has 1 aromatic carbocycles. The molecule has 1 N–H and O–H groups in total. The third-order valence-electron chi connectivity index (χ3n) is 5.89. The average molecular weight is 533 g/mol. The Labute approximate surface area is 197 Å². The van der Waals surface area contributed by atoms with Crippen LogP contribution in [0.2, 0.25) is 0 Å². The van der Waals surface area contributed by atoms with E-state index >= 15 is 0 Å². The van der Waals surface area contributed by atoms with Crippen molar-refractivity contribution in [3.8, 4) is 0 Å². The van der Waals surface area contributed by atoms with Gasteiger partial charge in [0, 0.05) is 51.9 Å². The smallest absolute Gasteiger partial charge is 0.194 e. The summed E-state index contributed by atoms with van der Waals surface area (Å²) in [5, 5.41) is 3.41. The first-order valence-electron chi connectivity index (χ1n) is 11.0. The van der Waals surface area contributed by atoms with Crippen LogP contribution in [0.1, 0.15) is 32.8 Å². The third kappa shape index (κ3) is 6.43. The Bertz CT molecular complexity index is 679. The first kappa shape index (κ1) is 25.1. The van der Waals surface area contributed by atoms with Gasteiger partial charge in [-0.05, 0) is 44.9 Å². The number of morpholine rings is 1. The molecule has 0 aliphatic carbocycles. The van der Waals surface area contributed by atoms with E-state index in [1.165, 1.54) is 0 Å². The molecule has 1 unspecified atom stereocenters. The zero-order chi connectivity index (χ0) is 20.6. The number of benzene rings is 1. The van der Waals surface area contributed by atoms with Gasteiger partial charge >= 0.3 is 0 Å². The van der Waals surface area contributed by atoms with Crippen LogP contribution in [0.25, 0.3) is 0 Å². The molecule has 0 amide bonds. The number of ether oxygens (including phenoxy) is 1. The Hall–Kier alpha value is -1.13. The summed E-state index contributed by atoms with van der Waals surface area (Å²) >= 11 is 0. The minimum atomic E-state index is -0.167. The van der Waals surface area contributed by atoms with Crippen molar-refractivity contribution in [2.24, 2.45) is 4.99 Å². The van der Waals surface area contributed by atoms with Gasteiger partial charge in [-0.3, -0.25) is 4.90 Å². The number of guanidine groups is 1. The van der Waals surface area contributed by atoms with Gasteiger partial charge in [-0.25, -0.2) is 9.38 Å². The lowest BCUT2D eigenvalue weighted by molar-refractivity contribution is 0.0195. The second-order valence-corrected chi connectivity index (χ2v) is 7.67. The molecule has 0 bridgehead atoms. The van der Waals surface area contributed by atoms with Crippen molar-refractivity contribution in [3.63, 3.8) is 0 Å². The molecule has 1 atom stereocenters. The fourth-order valence-corrected chi connectivity index (χ4v) is 4.24. The van der Waals surface area contributed by atoms with Gasteiger partial charge in [-0.1, -0.05) is 6.07 Å². The van der Waals surface area contributed by atoms with Gasteiger partial charge in [0.05, 0.1) is 25.4 Å². The average Bonchev–Trinajstić information content (AvgIpc) is 3.24. The summed E-state index contributed by atoms with van der Waals surface area (Å²) in [6, 6.07) is 6.06. The lowest BCUT2D eigenvalue weighted by Crippen LogP contribution is -2.46. The van der Waals surface area contributed by atoms with E-state index in [1.807, 2.05) is 30.9 Å². The maximum Gasteiger partial charge on any atom is 0.194 e. The Morgan fingerprint density at radius 1 is 1.20 bits per heavy atom. The number of nitrogens with zero attached hydrogens (tertiary/aromatic N) is 4. The largest absolute Gasteiger partial charge is 0.379 e. The van der Waals surface area contributed by atoms with E-state index in [2.05, 4.69) is 22.0 Å². The van der Waals surface area contributed by atoms with Crippen LogP contribution in [0.3, 0.4) is 0 Å². The van der Waals surface area contributed by atoms with Gasteiger partial charge in [0.25, 0.3) is 0 Å². The van der Waals surface area contributed by atoms with Gasteiger partial charge in [-0.2, -0.15) is 0 Å². The molecular weight excluding hydrogens is 496 g/mol. The van der Waals surface area contributed by atoms with E-state index in [9.17, 15) is 4.39 Å². The van der Waals surface area contributed by atoms with Crippen LogP contribution in [0.15, 0.2) is 23.2 Å². The molecule has 2 aliphatic rings. The molecule has 2 aliphatic heterocycles. The Balaban J connectivity index is 0.00000320. The van der Waals surface area contributed by atoms with E-state index in [4.69, 9.17) is 9.73 Å². The first-order valence-corrected chi connectivity index (χ1v) is 11.0. The summed E-state index contributed by atoms with van der Waals surface area (Å²) in [7, 11) is 0. The highest BCUT2D eigenvalue weighted by Gasteiger charge is 2.30. The van der Waals surface area contributed by atoms with Crippen molar-refractivity contribution in [3.05, 3.63) is 29.6 Å². The number of hydrogen-bond acceptors (Lipinski definition) is 4. The fraction of sp³-hybridized carbons (Fsp3) is 0.682. The molecule has 2 heterocycles. The number of rotatable bonds is 7. The van der Waals surface area contributed by atoms with E-state index in [0.717, 1.165) is 77.0 Å². The van der Waals surface area contributed by atoms with Crippen LogP contribution in [0.4, 0.5) is 10.1 Å². The van der Waals surface area contributed by atoms with Gasteiger partial charge in [-0.15, -0.1) is 24.0 Å². The van der Waals surface area contributed by atoms with Crippen molar-refractivity contribution in [2.45, 2.75) is 39.8 Å². The van der Waals surface area contributed by atoms with Gasteiger partial charge in [0.15, 0.2) is 5.96 Å². The third-order valence-corrected chi connectivity index (χ3v) is 5.89. The standard InChI is InChI=1S/C22H36FN5O.HI/c1-4-24-22(28-10-9-19(17-28)27-11-13-29-14-12-27)25-16-18-7-8-21(20(23)15-18)26(5-2)6-3;/h7-8,15,19H,4-6,9-14,16-17H2,1-3H3,(H,24,25);1H. The summed E-state index contributed by atoms with van der Waals surface area (Å²) in [6.45, 7) is 14.8. The quantitative estimate of drug-likeness (QED) is 0.332. The number of hydrogen-bond donors (Lipinski definition) is 1. The molecule has 1 aromatic rings. The summed E-state index contributed by atoms with van der Waals surface area (Å²) < 4.78 is 20.1. The van der Waals surface area contributed by atoms with E-state index in [0.29, 0.717) is 18.3 Å². The van der Waals surface area contributed by atoms with Crippen LogP contribution in [0, 0.1) is 5.82 Å². The number of aliphatic imine (C=N–C) groups is 1.